The number of hydrogen-bond donors (Lipinski definition) is 2. The first-order valence-electron chi connectivity index (χ1n) is 9.56. The Morgan fingerprint density at radius 3 is 2.41 bits per heavy atom. The van der Waals surface area contributed by atoms with Crippen LogP contribution in [0.2, 0.25) is 5.02 Å². The Morgan fingerprint density at radius 1 is 1.00 bits per heavy atom. The maximum atomic E-state index is 13.4. The standard InChI is InChI=1S/C24H22ClNO3/c1-16-6-2-3-8-18(16)15-26-21-11-10-19(25)14-20(21)24(29,23(26)28)13-12-17-7-4-5-9-22(17)27/h2-11,14,27,29H,12-13,15H2,1H3. The molecule has 0 fully saturated rings. The third-order valence-corrected chi connectivity index (χ3v) is 5.87. The summed E-state index contributed by atoms with van der Waals surface area (Å²) in [6.45, 7) is 2.38. The van der Waals surface area contributed by atoms with E-state index in [1.807, 2.05) is 37.3 Å². The molecule has 148 valence electrons. The molecule has 0 aromatic heterocycles. The van der Waals surface area contributed by atoms with E-state index in [9.17, 15) is 15.0 Å². The molecule has 3 aromatic carbocycles. The molecule has 29 heavy (non-hydrogen) atoms. The number of halogens is 1. The third kappa shape index (κ3) is 3.50. The van der Waals surface area contributed by atoms with Crippen LogP contribution < -0.4 is 4.90 Å². The van der Waals surface area contributed by atoms with E-state index in [-0.39, 0.29) is 18.1 Å². The van der Waals surface area contributed by atoms with E-state index < -0.39 is 5.60 Å². The zero-order valence-electron chi connectivity index (χ0n) is 16.1. The second-order valence-corrected chi connectivity index (χ2v) is 7.90. The van der Waals surface area contributed by atoms with Crippen LogP contribution in [0.1, 0.15) is 28.7 Å². The number of amides is 1. The molecule has 0 bridgehead atoms. The van der Waals surface area contributed by atoms with Crippen molar-refractivity contribution in [3.05, 3.63) is 94.0 Å². The summed E-state index contributed by atoms with van der Waals surface area (Å²) in [5.41, 5.74) is 2.29. The lowest BCUT2D eigenvalue weighted by atomic mass is 9.88. The third-order valence-electron chi connectivity index (χ3n) is 5.63. The molecule has 4 nitrogen and oxygen atoms in total. The van der Waals surface area contributed by atoms with Gasteiger partial charge in [-0.05, 0) is 60.7 Å². The normalized spacial score (nSPS) is 18.2. The Bertz CT molecular complexity index is 1080. The zero-order valence-corrected chi connectivity index (χ0v) is 16.9. The molecule has 1 aliphatic heterocycles. The number of hydrogen-bond acceptors (Lipinski definition) is 3. The van der Waals surface area contributed by atoms with Crippen LogP contribution in [0, 0.1) is 6.92 Å². The van der Waals surface area contributed by atoms with E-state index in [1.54, 1.807) is 41.3 Å². The van der Waals surface area contributed by atoms with Crippen molar-refractivity contribution in [1.29, 1.82) is 0 Å². The fourth-order valence-electron chi connectivity index (χ4n) is 3.92. The van der Waals surface area contributed by atoms with E-state index in [0.29, 0.717) is 34.8 Å². The molecule has 1 amide bonds. The van der Waals surface area contributed by atoms with Crippen LogP contribution in [0.25, 0.3) is 0 Å². The Hall–Kier alpha value is -2.82. The molecule has 0 aliphatic carbocycles. The highest BCUT2D eigenvalue weighted by Gasteiger charge is 2.49. The van der Waals surface area contributed by atoms with Gasteiger partial charge in [-0.1, -0.05) is 54.1 Å². The fourth-order valence-corrected chi connectivity index (χ4v) is 4.09. The predicted octanol–water partition coefficient (Wildman–Crippen LogP) is 4.72. The van der Waals surface area contributed by atoms with Gasteiger partial charge in [-0.25, -0.2) is 0 Å². The number of aliphatic hydroxyl groups is 1. The monoisotopic (exact) mass is 407 g/mol. The molecule has 0 radical (unpaired) electrons. The molecule has 1 aliphatic rings. The molecule has 0 spiro atoms. The lowest BCUT2D eigenvalue weighted by molar-refractivity contribution is -0.136. The van der Waals surface area contributed by atoms with Crippen LogP contribution in [-0.4, -0.2) is 16.1 Å². The summed E-state index contributed by atoms with van der Waals surface area (Å²) < 4.78 is 0. The van der Waals surface area contributed by atoms with Crippen molar-refractivity contribution >= 4 is 23.2 Å². The van der Waals surface area contributed by atoms with Crippen LogP contribution in [0.3, 0.4) is 0 Å². The van der Waals surface area contributed by atoms with Gasteiger partial charge in [-0.3, -0.25) is 4.79 Å². The molecule has 0 saturated carbocycles. The van der Waals surface area contributed by atoms with E-state index in [4.69, 9.17) is 11.6 Å². The first-order valence-corrected chi connectivity index (χ1v) is 9.94. The molecule has 1 heterocycles. The van der Waals surface area contributed by atoms with Crippen LogP contribution in [0.5, 0.6) is 5.75 Å². The van der Waals surface area contributed by atoms with Gasteiger partial charge in [-0.2, -0.15) is 0 Å². The van der Waals surface area contributed by atoms with Crippen molar-refractivity contribution in [3.8, 4) is 5.75 Å². The van der Waals surface area contributed by atoms with Gasteiger partial charge in [0.1, 0.15) is 5.75 Å². The fraction of sp³-hybridized carbons (Fsp3) is 0.208. The summed E-state index contributed by atoms with van der Waals surface area (Å²) in [6, 6.07) is 20.0. The van der Waals surface area contributed by atoms with Crippen LogP contribution in [0.15, 0.2) is 66.7 Å². The Morgan fingerprint density at radius 2 is 1.69 bits per heavy atom. The number of phenolic OH excluding ortho intramolecular Hbond substituents is 1. The predicted molar refractivity (Wildman–Crippen MR) is 114 cm³/mol. The molecule has 5 heteroatoms. The molecule has 3 aromatic rings. The van der Waals surface area contributed by atoms with Gasteiger partial charge < -0.3 is 15.1 Å². The molecule has 0 saturated heterocycles. The van der Waals surface area contributed by atoms with Crippen molar-refractivity contribution in [2.24, 2.45) is 0 Å². The summed E-state index contributed by atoms with van der Waals surface area (Å²) in [5.74, 6) is -0.210. The molecular formula is C24H22ClNO3. The smallest absolute Gasteiger partial charge is 0.264 e. The number of nitrogens with zero attached hydrogens (tertiary/aromatic N) is 1. The SMILES string of the molecule is Cc1ccccc1CN1C(=O)C(O)(CCc2ccccc2O)c2cc(Cl)ccc21. The number of rotatable bonds is 5. The highest BCUT2D eigenvalue weighted by atomic mass is 35.5. The summed E-state index contributed by atoms with van der Waals surface area (Å²) >= 11 is 6.19. The minimum absolute atomic E-state index is 0.154. The second kappa shape index (κ2) is 7.54. The second-order valence-electron chi connectivity index (χ2n) is 7.47. The lowest BCUT2D eigenvalue weighted by Crippen LogP contribution is -2.40. The summed E-state index contributed by atoms with van der Waals surface area (Å²) in [5, 5.41) is 22.0. The van der Waals surface area contributed by atoms with Gasteiger partial charge in [0.25, 0.3) is 5.91 Å². The minimum atomic E-state index is -1.69. The average molecular weight is 408 g/mol. The zero-order chi connectivity index (χ0) is 20.6. The van der Waals surface area contributed by atoms with Gasteiger partial charge in [-0.15, -0.1) is 0 Å². The number of aryl methyl sites for hydroxylation is 2. The summed E-state index contributed by atoms with van der Waals surface area (Å²) in [4.78, 5) is 15.0. The maximum Gasteiger partial charge on any atom is 0.264 e. The Balaban J connectivity index is 1.69. The molecule has 1 unspecified atom stereocenters. The van der Waals surface area contributed by atoms with Crippen molar-refractivity contribution in [2.45, 2.75) is 31.9 Å². The highest BCUT2D eigenvalue weighted by Crippen LogP contribution is 2.45. The number of anilines is 1. The first-order chi connectivity index (χ1) is 13.9. The maximum absolute atomic E-state index is 13.4. The largest absolute Gasteiger partial charge is 0.508 e. The van der Waals surface area contributed by atoms with Crippen molar-refractivity contribution in [1.82, 2.24) is 0 Å². The van der Waals surface area contributed by atoms with Gasteiger partial charge in [0.2, 0.25) is 0 Å². The quantitative estimate of drug-likeness (QED) is 0.643. The van der Waals surface area contributed by atoms with Gasteiger partial charge >= 0.3 is 0 Å². The number of aromatic hydroxyl groups is 1. The number of para-hydroxylation sites is 1. The van der Waals surface area contributed by atoms with Gasteiger partial charge in [0.05, 0.1) is 12.2 Å². The van der Waals surface area contributed by atoms with E-state index >= 15 is 0 Å². The summed E-state index contributed by atoms with van der Waals surface area (Å²) in [6.07, 6.45) is 0.514. The topological polar surface area (TPSA) is 60.8 Å². The molecule has 4 rings (SSSR count). The van der Waals surface area contributed by atoms with E-state index in [1.165, 1.54) is 0 Å². The molecule has 2 N–H and O–H groups in total. The van der Waals surface area contributed by atoms with E-state index in [2.05, 4.69) is 0 Å². The van der Waals surface area contributed by atoms with Crippen LogP contribution in [0.4, 0.5) is 5.69 Å². The first kappa shape index (κ1) is 19.5. The van der Waals surface area contributed by atoms with E-state index in [0.717, 1.165) is 11.1 Å². The molecular weight excluding hydrogens is 386 g/mol. The van der Waals surface area contributed by atoms with Crippen LogP contribution >= 0.6 is 11.6 Å². The van der Waals surface area contributed by atoms with Crippen LogP contribution in [-0.2, 0) is 23.4 Å². The van der Waals surface area contributed by atoms with Crippen molar-refractivity contribution in [3.63, 3.8) is 0 Å². The van der Waals surface area contributed by atoms with Crippen molar-refractivity contribution < 1.29 is 15.0 Å². The number of carbonyl (C=O) groups is 1. The summed E-state index contributed by atoms with van der Waals surface area (Å²) in [7, 11) is 0. The Kier molecular flexibility index (Phi) is 5.07. The Labute approximate surface area is 175 Å². The highest BCUT2D eigenvalue weighted by molar-refractivity contribution is 6.31. The number of fused-ring (bicyclic) bond motifs is 1. The van der Waals surface area contributed by atoms with Gasteiger partial charge in [0, 0.05) is 10.6 Å². The number of carbonyl (C=O) groups excluding carboxylic acids is 1. The molecule has 1 atom stereocenters. The van der Waals surface area contributed by atoms with Crippen molar-refractivity contribution in [2.75, 3.05) is 4.90 Å². The minimum Gasteiger partial charge on any atom is -0.508 e. The van der Waals surface area contributed by atoms with Gasteiger partial charge in [0.15, 0.2) is 5.60 Å². The number of phenols is 1. The average Bonchev–Trinajstić information content (AvgIpc) is 2.91. The number of benzene rings is 3. The lowest BCUT2D eigenvalue weighted by Gasteiger charge is -2.24.